The van der Waals surface area contributed by atoms with Crippen LogP contribution in [0.25, 0.3) is 11.1 Å². The number of benzene rings is 1. The van der Waals surface area contributed by atoms with Gasteiger partial charge < -0.3 is 19.9 Å². The number of carbonyl (C=O) groups is 2. The van der Waals surface area contributed by atoms with Crippen molar-refractivity contribution in [1.29, 1.82) is 0 Å². The van der Waals surface area contributed by atoms with E-state index in [1.165, 1.54) is 11.1 Å². The number of fused-ring (bicyclic) bond motifs is 1. The Morgan fingerprint density at radius 3 is 2.71 bits per heavy atom. The smallest absolute Gasteiger partial charge is 0.410 e. The molecular formula is C26H30N6O3. The molecule has 0 atom stereocenters. The summed E-state index contributed by atoms with van der Waals surface area (Å²) in [5, 5.41) is 7.42. The fourth-order valence-corrected chi connectivity index (χ4v) is 4.50. The van der Waals surface area contributed by atoms with Crippen molar-refractivity contribution in [1.82, 2.24) is 24.8 Å². The Bertz CT molecular complexity index is 1260. The van der Waals surface area contributed by atoms with Crippen molar-refractivity contribution < 1.29 is 14.3 Å². The minimum absolute atomic E-state index is 0.0557. The van der Waals surface area contributed by atoms with Crippen molar-refractivity contribution in [2.24, 2.45) is 5.92 Å². The molecule has 4 heterocycles. The maximum absolute atomic E-state index is 12.6. The summed E-state index contributed by atoms with van der Waals surface area (Å²) in [6.45, 7) is 7.20. The average molecular weight is 475 g/mol. The Labute approximate surface area is 204 Å². The Hall–Kier alpha value is -3.88. The Morgan fingerprint density at radius 1 is 1.20 bits per heavy atom. The molecule has 1 aromatic carbocycles. The number of amides is 2. The molecule has 0 unspecified atom stereocenters. The predicted octanol–water partition coefficient (Wildman–Crippen LogP) is 3.04. The van der Waals surface area contributed by atoms with Crippen molar-refractivity contribution in [3.05, 3.63) is 65.6 Å². The zero-order chi connectivity index (χ0) is 24.4. The second-order valence-electron chi connectivity index (χ2n) is 9.07. The Balaban J connectivity index is 1.21. The Kier molecular flexibility index (Phi) is 6.39. The topological polar surface area (TPSA) is 92.1 Å². The average Bonchev–Trinajstić information content (AvgIpc) is 3.28. The summed E-state index contributed by atoms with van der Waals surface area (Å²) in [4.78, 5) is 32.9. The summed E-state index contributed by atoms with van der Waals surface area (Å²) >= 11 is 0. The summed E-state index contributed by atoms with van der Waals surface area (Å²) in [6.07, 6.45) is 6.10. The molecule has 0 aliphatic carbocycles. The number of aromatic nitrogens is 3. The van der Waals surface area contributed by atoms with Gasteiger partial charge in [0, 0.05) is 38.9 Å². The minimum atomic E-state index is -0.270. The number of rotatable bonds is 6. The van der Waals surface area contributed by atoms with Crippen molar-refractivity contribution >= 4 is 28.9 Å². The monoisotopic (exact) mass is 474 g/mol. The van der Waals surface area contributed by atoms with Gasteiger partial charge in [0.05, 0.1) is 12.5 Å². The molecule has 2 aliphatic heterocycles. The maximum atomic E-state index is 12.6. The number of hydrogen-bond acceptors (Lipinski definition) is 6. The first-order chi connectivity index (χ1) is 17.0. The molecule has 182 valence electrons. The van der Waals surface area contributed by atoms with Crippen LogP contribution in [0.1, 0.15) is 30.0 Å². The normalized spacial score (nSPS) is 16.1. The van der Waals surface area contributed by atoms with Gasteiger partial charge in [-0.15, -0.1) is 0 Å². The van der Waals surface area contributed by atoms with Crippen LogP contribution in [-0.2, 0) is 16.1 Å². The molecule has 1 fully saturated rings. The van der Waals surface area contributed by atoms with E-state index in [1.54, 1.807) is 11.2 Å². The molecule has 35 heavy (non-hydrogen) atoms. The van der Waals surface area contributed by atoms with Crippen LogP contribution < -0.4 is 10.2 Å². The predicted molar refractivity (Wildman–Crippen MR) is 133 cm³/mol. The molecule has 9 heteroatoms. The van der Waals surface area contributed by atoms with Gasteiger partial charge in [0.1, 0.15) is 11.8 Å². The van der Waals surface area contributed by atoms with E-state index >= 15 is 0 Å². The van der Waals surface area contributed by atoms with Crippen LogP contribution in [0, 0.1) is 12.8 Å². The van der Waals surface area contributed by atoms with Gasteiger partial charge in [-0.05, 0) is 43.0 Å². The number of hydrogen-bond donors (Lipinski definition) is 1. The maximum Gasteiger partial charge on any atom is 0.410 e. The fourth-order valence-electron chi connectivity index (χ4n) is 4.50. The van der Waals surface area contributed by atoms with Gasteiger partial charge in [-0.1, -0.05) is 35.9 Å². The van der Waals surface area contributed by atoms with Crippen molar-refractivity contribution in [3.63, 3.8) is 0 Å². The lowest BCUT2D eigenvalue weighted by Gasteiger charge is -2.39. The number of anilines is 1. The van der Waals surface area contributed by atoms with Crippen LogP contribution in [0.5, 0.6) is 0 Å². The summed E-state index contributed by atoms with van der Waals surface area (Å²) < 4.78 is 6.93. The summed E-state index contributed by atoms with van der Waals surface area (Å²) in [7, 11) is 0. The third-order valence-corrected chi connectivity index (χ3v) is 6.63. The van der Waals surface area contributed by atoms with E-state index in [0.717, 1.165) is 28.9 Å². The van der Waals surface area contributed by atoms with E-state index < -0.39 is 0 Å². The number of nitrogens with zero attached hydrogens (tertiary/aromatic N) is 5. The van der Waals surface area contributed by atoms with Crippen LogP contribution in [0.3, 0.4) is 0 Å². The lowest BCUT2D eigenvalue weighted by Crippen LogP contribution is -2.54. The highest BCUT2D eigenvalue weighted by Gasteiger charge is 2.34. The van der Waals surface area contributed by atoms with Crippen LogP contribution in [0.15, 0.2) is 48.9 Å². The van der Waals surface area contributed by atoms with E-state index in [0.29, 0.717) is 39.3 Å². The SMILES string of the molecule is CCOC(=O)N1CC=C(c2cc3c(N4CC(C(=O)NCc5ccc(C)cc5)C4)ncnn3c2)CC1. The zero-order valence-electron chi connectivity index (χ0n) is 20.1. The molecule has 2 aromatic heterocycles. The molecule has 0 spiro atoms. The first-order valence-electron chi connectivity index (χ1n) is 12.0. The molecule has 2 amide bonds. The third-order valence-electron chi connectivity index (χ3n) is 6.63. The van der Waals surface area contributed by atoms with Crippen LogP contribution in [-0.4, -0.2) is 64.3 Å². The largest absolute Gasteiger partial charge is 0.450 e. The second kappa shape index (κ2) is 9.77. The molecule has 2 aliphatic rings. The van der Waals surface area contributed by atoms with Crippen molar-refractivity contribution in [2.75, 3.05) is 37.7 Å². The lowest BCUT2D eigenvalue weighted by molar-refractivity contribution is -0.125. The fraction of sp³-hybridized carbons (Fsp3) is 0.385. The third kappa shape index (κ3) is 4.84. The number of ether oxygens (including phenoxy) is 1. The summed E-state index contributed by atoms with van der Waals surface area (Å²) in [5.74, 6) is 0.847. The van der Waals surface area contributed by atoms with E-state index in [2.05, 4.69) is 51.5 Å². The summed E-state index contributed by atoms with van der Waals surface area (Å²) in [5.41, 5.74) is 5.47. The van der Waals surface area contributed by atoms with Gasteiger partial charge in [-0.3, -0.25) is 4.79 Å². The standard InChI is InChI=1S/C26H30N6O3/c1-3-35-26(34)30-10-8-20(9-11-30)21-12-23-24(28-17-29-32(23)16-21)31-14-22(15-31)25(33)27-13-19-6-4-18(2)5-7-19/h4-8,12,16-17,22H,3,9-11,13-15H2,1-2H3,(H,27,33). The molecule has 9 nitrogen and oxygen atoms in total. The highest BCUT2D eigenvalue weighted by Crippen LogP contribution is 2.31. The Morgan fingerprint density at radius 2 is 2.00 bits per heavy atom. The van der Waals surface area contributed by atoms with E-state index in [9.17, 15) is 9.59 Å². The summed E-state index contributed by atoms with van der Waals surface area (Å²) in [6, 6.07) is 10.3. The van der Waals surface area contributed by atoms with Gasteiger partial charge in [0.15, 0.2) is 5.82 Å². The van der Waals surface area contributed by atoms with Gasteiger partial charge in [-0.25, -0.2) is 14.3 Å². The van der Waals surface area contributed by atoms with Gasteiger partial charge in [-0.2, -0.15) is 5.10 Å². The molecule has 0 saturated carbocycles. The molecule has 0 bridgehead atoms. The number of carbonyl (C=O) groups excluding carboxylic acids is 2. The lowest BCUT2D eigenvalue weighted by atomic mass is 9.98. The van der Waals surface area contributed by atoms with Gasteiger partial charge in [0.2, 0.25) is 5.91 Å². The quantitative estimate of drug-likeness (QED) is 0.591. The zero-order valence-corrected chi connectivity index (χ0v) is 20.1. The first kappa shape index (κ1) is 22.9. The first-order valence-corrected chi connectivity index (χ1v) is 12.0. The van der Waals surface area contributed by atoms with Crippen LogP contribution >= 0.6 is 0 Å². The van der Waals surface area contributed by atoms with Crippen LogP contribution in [0.2, 0.25) is 0 Å². The van der Waals surface area contributed by atoms with Crippen molar-refractivity contribution in [3.8, 4) is 0 Å². The molecular weight excluding hydrogens is 444 g/mol. The number of aryl methyl sites for hydroxylation is 1. The molecule has 1 N–H and O–H groups in total. The second-order valence-corrected chi connectivity index (χ2v) is 9.07. The molecule has 5 rings (SSSR count). The van der Waals surface area contributed by atoms with Crippen molar-refractivity contribution in [2.45, 2.75) is 26.8 Å². The van der Waals surface area contributed by atoms with E-state index in [4.69, 9.17) is 4.74 Å². The van der Waals surface area contributed by atoms with E-state index in [1.807, 2.05) is 29.8 Å². The molecule has 3 aromatic rings. The van der Waals surface area contributed by atoms with Gasteiger partial charge >= 0.3 is 6.09 Å². The van der Waals surface area contributed by atoms with E-state index in [-0.39, 0.29) is 17.9 Å². The molecule has 1 saturated heterocycles. The minimum Gasteiger partial charge on any atom is -0.450 e. The van der Waals surface area contributed by atoms with Crippen LogP contribution in [0.4, 0.5) is 10.6 Å². The highest BCUT2D eigenvalue weighted by atomic mass is 16.6. The molecule has 0 radical (unpaired) electrons. The number of nitrogens with one attached hydrogen (secondary N) is 1. The highest BCUT2D eigenvalue weighted by molar-refractivity contribution is 5.84. The van der Waals surface area contributed by atoms with Gasteiger partial charge in [0.25, 0.3) is 0 Å².